The minimum atomic E-state index is 0.503. The SMILES string of the molecule is C#Cc1cccc(-c2ccc3ncnc(NC4CCC4)c3n2)c1. The molecule has 2 aromatic heterocycles. The Hall–Kier alpha value is -2.93. The summed E-state index contributed by atoms with van der Waals surface area (Å²) in [6.45, 7) is 0. The Morgan fingerprint density at radius 1 is 1.13 bits per heavy atom. The summed E-state index contributed by atoms with van der Waals surface area (Å²) in [5, 5.41) is 3.48. The van der Waals surface area contributed by atoms with E-state index in [0.717, 1.165) is 33.7 Å². The fraction of sp³-hybridized carbons (Fsp3) is 0.211. The Balaban J connectivity index is 1.79. The van der Waals surface area contributed by atoms with E-state index in [-0.39, 0.29) is 0 Å². The van der Waals surface area contributed by atoms with Gasteiger partial charge in [0.2, 0.25) is 0 Å². The summed E-state index contributed by atoms with van der Waals surface area (Å²) in [6, 6.07) is 12.3. The van der Waals surface area contributed by atoms with E-state index in [1.54, 1.807) is 6.33 Å². The molecule has 0 bridgehead atoms. The number of nitrogens with zero attached hydrogens (tertiary/aromatic N) is 3. The molecule has 0 amide bonds. The van der Waals surface area contributed by atoms with E-state index >= 15 is 0 Å². The molecule has 1 N–H and O–H groups in total. The minimum Gasteiger partial charge on any atom is -0.365 e. The van der Waals surface area contributed by atoms with Crippen LogP contribution in [0.2, 0.25) is 0 Å². The van der Waals surface area contributed by atoms with Gasteiger partial charge in [-0.3, -0.25) is 0 Å². The number of pyridine rings is 1. The van der Waals surface area contributed by atoms with E-state index < -0.39 is 0 Å². The molecule has 0 aliphatic heterocycles. The number of terminal acetylenes is 1. The topological polar surface area (TPSA) is 50.7 Å². The molecule has 0 spiro atoms. The number of rotatable bonds is 3. The molecule has 4 heteroatoms. The van der Waals surface area contributed by atoms with Crippen molar-refractivity contribution in [1.82, 2.24) is 15.0 Å². The average Bonchev–Trinajstić information content (AvgIpc) is 2.58. The highest BCUT2D eigenvalue weighted by Gasteiger charge is 2.19. The molecule has 1 fully saturated rings. The first-order chi connectivity index (χ1) is 11.3. The van der Waals surface area contributed by atoms with E-state index in [0.29, 0.717) is 6.04 Å². The summed E-state index contributed by atoms with van der Waals surface area (Å²) in [5.41, 5.74) is 4.38. The van der Waals surface area contributed by atoms with Crippen LogP contribution in [-0.2, 0) is 0 Å². The maximum Gasteiger partial charge on any atom is 0.156 e. The van der Waals surface area contributed by atoms with Gasteiger partial charge in [0.15, 0.2) is 5.82 Å². The fourth-order valence-electron chi connectivity index (χ4n) is 2.72. The van der Waals surface area contributed by atoms with E-state index in [9.17, 15) is 0 Å². The van der Waals surface area contributed by atoms with Crippen molar-refractivity contribution >= 4 is 16.9 Å². The second kappa shape index (κ2) is 5.69. The predicted molar refractivity (Wildman–Crippen MR) is 92.0 cm³/mol. The lowest BCUT2D eigenvalue weighted by Gasteiger charge is -2.27. The van der Waals surface area contributed by atoms with Crippen molar-refractivity contribution in [2.24, 2.45) is 0 Å². The maximum atomic E-state index is 5.49. The molecule has 0 atom stereocenters. The van der Waals surface area contributed by atoms with Crippen LogP contribution < -0.4 is 5.32 Å². The quantitative estimate of drug-likeness (QED) is 0.750. The van der Waals surface area contributed by atoms with E-state index in [4.69, 9.17) is 11.4 Å². The van der Waals surface area contributed by atoms with Gasteiger partial charge >= 0.3 is 0 Å². The van der Waals surface area contributed by atoms with Crippen molar-refractivity contribution in [2.45, 2.75) is 25.3 Å². The first kappa shape index (κ1) is 13.7. The van der Waals surface area contributed by atoms with Crippen LogP contribution >= 0.6 is 0 Å². The van der Waals surface area contributed by atoms with Crippen LogP contribution in [0.3, 0.4) is 0 Å². The second-order valence-corrected chi connectivity index (χ2v) is 5.78. The lowest BCUT2D eigenvalue weighted by molar-refractivity contribution is 0.444. The summed E-state index contributed by atoms with van der Waals surface area (Å²) in [4.78, 5) is 13.5. The number of hydrogen-bond acceptors (Lipinski definition) is 4. The zero-order valence-electron chi connectivity index (χ0n) is 12.7. The van der Waals surface area contributed by atoms with Gasteiger partial charge in [0.1, 0.15) is 11.8 Å². The molecule has 4 rings (SSSR count). The second-order valence-electron chi connectivity index (χ2n) is 5.78. The van der Waals surface area contributed by atoms with E-state index in [1.165, 1.54) is 19.3 Å². The first-order valence-corrected chi connectivity index (χ1v) is 7.79. The standard InChI is InChI=1S/C19H16N4/c1-2-13-5-3-6-14(11-13)16-9-10-17-18(23-16)19(21-12-20-17)22-15-7-4-8-15/h1,3,5-6,9-12,15H,4,7-8H2,(H,20,21,22). The summed E-state index contributed by atoms with van der Waals surface area (Å²) in [5.74, 6) is 3.48. The normalized spacial score (nSPS) is 14.2. The minimum absolute atomic E-state index is 0.503. The van der Waals surface area contributed by atoms with Crippen molar-refractivity contribution in [3.05, 3.63) is 48.3 Å². The van der Waals surface area contributed by atoms with Crippen LogP contribution in [0.15, 0.2) is 42.7 Å². The predicted octanol–water partition coefficient (Wildman–Crippen LogP) is 3.64. The summed E-state index contributed by atoms with van der Waals surface area (Å²) < 4.78 is 0. The lowest BCUT2D eigenvalue weighted by Crippen LogP contribution is -2.27. The Morgan fingerprint density at radius 2 is 2.04 bits per heavy atom. The third-order valence-electron chi connectivity index (χ3n) is 4.25. The molecular weight excluding hydrogens is 284 g/mol. The van der Waals surface area contributed by atoms with Gasteiger partial charge in [-0.15, -0.1) is 6.42 Å². The number of anilines is 1. The van der Waals surface area contributed by atoms with Gasteiger partial charge in [0, 0.05) is 17.2 Å². The number of fused-ring (bicyclic) bond motifs is 1. The zero-order valence-corrected chi connectivity index (χ0v) is 12.7. The molecule has 112 valence electrons. The van der Waals surface area contributed by atoms with Crippen molar-refractivity contribution in [2.75, 3.05) is 5.32 Å². The van der Waals surface area contributed by atoms with E-state index in [2.05, 4.69) is 21.2 Å². The van der Waals surface area contributed by atoms with Crippen LogP contribution in [0.1, 0.15) is 24.8 Å². The Bertz CT molecular complexity index is 907. The number of benzene rings is 1. The largest absolute Gasteiger partial charge is 0.365 e. The summed E-state index contributed by atoms with van der Waals surface area (Å²) in [7, 11) is 0. The number of hydrogen-bond donors (Lipinski definition) is 1. The molecule has 0 radical (unpaired) electrons. The highest BCUT2D eigenvalue weighted by atomic mass is 15.1. The van der Waals surface area contributed by atoms with Gasteiger partial charge in [-0.2, -0.15) is 0 Å². The Morgan fingerprint density at radius 3 is 2.83 bits per heavy atom. The molecule has 0 unspecified atom stereocenters. The molecule has 1 aromatic carbocycles. The summed E-state index contributed by atoms with van der Waals surface area (Å²) in [6.07, 6.45) is 10.7. The third-order valence-corrected chi connectivity index (χ3v) is 4.25. The summed E-state index contributed by atoms with van der Waals surface area (Å²) >= 11 is 0. The molecule has 23 heavy (non-hydrogen) atoms. The van der Waals surface area contributed by atoms with Crippen molar-refractivity contribution in [1.29, 1.82) is 0 Å². The molecule has 1 aliphatic rings. The van der Waals surface area contributed by atoms with Gasteiger partial charge in [0.05, 0.1) is 11.2 Å². The lowest BCUT2D eigenvalue weighted by atomic mass is 9.93. The first-order valence-electron chi connectivity index (χ1n) is 7.79. The maximum absolute atomic E-state index is 5.49. The van der Waals surface area contributed by atoms with Crippen LogP contribution in [0.4, 0.5) is 5.82 Å². The number of aromatic nitrogens is 3. The van der Waals surface area contributed by atoms with Crippen LogP contribution in [0.25, 0.3) is 22.3 Å². The smallest absolute Gasteiger partial charge is 0.156 e. The molecule has 1 saturated carbocycles. The zero-order chi connectivity index (χ0) is 15.6. The Labute approximate surface area is 135 Å². The van der Waals surface area contributed by atoms with Crippen molar-refractivity contribution in [3.63, 3.8) is 0 Å². The van der Waals surface area contributed by atoms with Crippen LogP contribution in [0, 0.1) is 12.3 Å². The average molecular weight is 300 g/mol. The Kier molecular flexibility index (Phi) is 3.39. The van der Waals surface area contributed by atoms with Gasteiger partial charge in [-0.1, -0.05) is 18.1 Å². The molecule has 2 heterocycles. The molecular formula is C19H16N4. The van der Waals surface area contributed by atoms with Gasteiger partial charge in [-0.25, -0.2) is 15.0 Å². The van der Waals surface area contributed by atoms with Crippen LogP contribution in [-0.4, -0.2) is 21.0 Å². The van der Waals surface area contributed by atoms with Gasteiger partial charge in [0.25, 0.3) is 0 Å². The third kappa shape index (κ3) is 2.62. The highest BCUT2D eigenvalue weighted by Crippen LogP contribution is 2.27. The fourth-order valence-corrected chi connectivity index (χ4v) is 2.72. The van der Waals surface area contributed by atoms with Gasteiger partial charge < -0.3 is 5.32 Å². The monoisotopic (exact) mass is 300 g/mol. The van der Waals surface area contributed by atoms with Crippen LogP contribution in [0.5, 0.6) is 0 Å². The highest BCUT2D eigenvalue weighted by molar-refractivity contribution is 5.87. The molecule has 0 saturated heterocycles. The molecule has 3 aromatic rings. The molecule has 4 nitrogen and oxygen atoms in total. The van der Waals surface area contributed by atoms with Gasteiger partial charge in [-0.05, 0) is 43.5 Å². The molecule has 1 aliphatic carbocycles. The van der Waals surface area contributed by atoms with E-state index in [1.807, 2.05) is 36.4 Å². The van der Waals surface area contributed by atoms with Crippen molar-refractivity contribution < 1.29 is 0 Å². The number of nitrogens with one attached hydrogen (secondary N) is 1. The van der Waals surface area contributed by atoms with Crippen molar-refractivity contribution in [3.8, 4) is 23.6 Å².